The van der Waals surface area contributed by atoms with E-state index in [4.69, 9.17) is 17.3 Å². The molecule has 3 aromatic rings. The molecule has 2 N–H and O–H groups in total. The highest BCUT2D eigenvalue weighted by Crippen LogP contribution is 2.27. The van der Waals surface area contributed by atoms with Gasteiger partial charge in [0.1, 0.15) is 11.8 Å². The Hall–Kier alpha value is -3.71. The number of rotatable bonds is 6. The minimum Gasteiger partial charge on any atom is -0.368 e. The maximum absolute atomic E-state index is 13.5. The minimum atomic E-state index is -0.733. The second-order valence-corrected chi connectivity index (χ2v) is 7.47. The maximum Gasteiger partial charge on any atom is 0.274 e. The zero-order valence-corrected chi connectivity index (χ0v) is 17.3. The lowest BCUT2D eigenvalue weighted by atomic mass is 10.1. The summed E-state index contributed by atoms with van der Waals surface area (Å²) < 4.78 is 0. The summed E-state index contributed by atoms with van der Waals surface area (Å²) in [5.74, 6) is -0.865. The van der Waals surface area contributed by atoms with Gasteiger partial charge < -0.3 is 10.6 Å². The van der Waals surface area contributed by atoms with Crippen molar-refractivity contribution in [3.63, 3.8) is 0 Å². The van der Waals surface area contributed by atoms with Gasteiger partial charge in [-0.1, -0.05) is 35.9 Å². The number of primary amides is 1. The fraction of sp³-hybridized carbons (Fsp3) is 0.130. The zero-order valence-electron chi connectivity index (χ0n) is 16.6. The van der Waals surface area contributed by atoms with Crippen molar-refractivity contribution >= 4 is 40.5 Å². The molecule has 1 atom stereocenters. The minimum absolute atomic E-state index is 0.120. The first-order valence-electron chi connectivity index (χ1n) is 9.71. The Balaban J connectivity index is 1.68. The van der Waals surface area contributed by atoms with Gasteiger partial charge in [0.15, 0.2) is 0 Å². The van der Waals surface area contributed by atoms with Gasteiger partial charge in [-0.05, 0) is 48.5 Å². The van der Waals surface area contributed by atoms with Crippen LogP contribution in [0.1, 0.15) is 12.1 Å². The number of carbonyl (C=O) groups excluding carboxylic acids is 2. The van der Waals surface area contributed by atoms with Gasteiger partial charge in [0.05, 0.1) is 17.9 Å². The summed E-state index contributed by atoms with van der Waals surface area (Å²) in [7, 11) is 0. The Bertz CT molecular complexity index is 1100. The quantitative estimate of drug-likeness (QED) is 0.645. The Kier molecular flexibility index (Phi) is 5.95. The number of anilines is 2. The number of nitrogens with two attached hydrogens (primary N) is 1. The van der Waals surface area contributed by atoms with Gasteiger partial charge >= 0.3 is 0 Å². The molecule has 1 aromatic heterocycles. The molecule has 1 unspecified atom stereocenters. The lowest BCUT2D eigenvalue weighted by Crippen LogP contribution is -2.40. The normalized spacial score (nSPS) is 15.5. The lowest BCUT2D eigenvalue weighted by Gasteiger charge is -2.22. The third-order valence-corrected chi connectivity index (χ3v) is 5.19. The molecule has 1 aliphatic heterocycles. The summed E-state index contributed by atoms with van der Waals surface area (Å²) in [4.78, 5) is 31.5. The lowest BCUT2D eigenvalue weighted by molar-refractivity contribution is -0.119. The van der Waals surface area contributed by atoms with Crippen LogP contribution in [-0.2, 0) is 16.1 Å². The largest absolute Gasteiger partial charge is 0.368 e. The smallest absolute Gasteiger partial charge is 0.274 e. The summed E-state index contributed by atoms with van der Waals surface area (Å²) in [5, 5.41) is 6.55. The molecule has 2 amide bonds. The summed E-state index contributed by atoms with van der Waals surface area (Å²) >= 11 is 6.03. The van der Waals surface area contributed by atoms with Crippen LogP contribution >= 0.6 is 11.6 Å². The molecule has 31 heavy (non-hydrogen) atoms. The maximum atomic E-state index is 13.5. The van der Waals surface area contributed by atoms with Gasteiger partial charge in [-0.2, -0.15) is 5.10 Å². The number of pyridine rings is 1. The number of hydrazone groups is 1. The van der Waals surface area contributed by atoms with Crippen molar-refractivity contribution in [1.82, 2.24) is 4.98 Å². The molecular weight excluding hydrogens is 414 g/mol. The number of nitrogens with zero attached hydrogens (tertiary/aromatic N) is 4. The Morgan fingerprint density at radius 1 is 1.03 bits per heavy atom. The van der Waals surface area contributed by atoms with E-state index < -0.39 is 11.9 Å². The second kappa shape index (κ2) is 8.97. The predicted octanol–water partition coefficient (Wildman–Crippen LogP) is 3.39. The Morgan fingerprint density at radius 2 is 1.74 bits per heavy atom. The first-order chi connectivity index (χ1) is 15.0. The molecule has 0 saturated carbocycles. The highest BCUT2D eigenvalue weighted by molar-refractivity contribution is 6.45. The molecule has 7 nitrogen and oxygen atoms in total. The van der Waals surface area contributed by atoms with E-state index in [0.29, 0.717) is 16.4 Å². The number of carbonyl (C=O) groups is 2. The molecule has 0 bridgehead atoms. The molecule has 8 heteroatoms. The van der Waals surface area contributed by atoms with Gasteiger partial charge in [-0.15, -0.1) is 0 Å². The topological polar surface area (TPSA) is 91.9 Å². The first-order valence-corrected chi connectivity index (χ1v) is 10.1. The monoisotopic (exact) mass is 433 g/mol. The van der Waals surface area contributed by atoms with Crippen LogP contribution in [0.3, 0.4) is 0 Å². The van der Waals surface area contributed by atoms with Gasteiger partial charge in [0, 0.05) is 23.3 Å². The number of amides is 2. The van der Waals surface area contributed by atoms with Gasteiger partial charge in [0.2, 0.25) is 5.91 Å². The SMILES string of the molecule is NC(=O)C1CC(C(=O)N(Cc2ccccn2)c2ccc(Cl)cc2)=NN1c1ccccc1. The van der Waals surface area contributed by atoms with Crippen molar-refractivity contribution in [2.45, 2.75) is 19.0 Å². The Morgan fingerprint density at radius 3 is 2.39 bits per heavy atom. The van der Waals surface area contributed by atoms with Crippen LogP contribution in [0.2, 0.25) is 5.02 Å². The van der Waals surface area contributed by atoms with E-state index in [0.717, 1.165) is 5.69 Å². The van der Waals surface area contributed by atoms with Crippen LogP contribution in [0.4, 0.5) is 11.4 Å². The van der Waals surface area contributed by atoms with Crippen molar-refractivity contribution in [1.29, 1.82) is 0 Å². The number of halogens is 1. The van der Waals surface area contributed by atoms with E-state index in [1.54, 1.807) is 35.4 Å². The molecule has 0 radical (unpaired) electrons. The summed E-state index contributed by atoms with van der Waals surface area (Å²) in [5.41, 5.74) is 7.92. The van der Waals surface area contributed by atoms with Crippen LogP contribution in [-0.4, -0.2) is 28.6 Å². The third kappa shape index (κ3) is 4.57. The van der Waals surface area contributed by atoms with Crippen LogP contribution in [0.5, 0.6) is 0 Å². The van der Waals surface area contributed by atoms with Crippen molar-refractivity contribution < 1.29 is 9.59 Å². The predicted molar refractivity (Wildman–Crippen MR) is 121 cm³/mol. The molecule has 156 valence electrons. The van der Waals surface area contributed by atoms with Crippen molar-refractivity contribution in [3.8, 4) is 0 Å². The fourth-order valence-corrected chi connectivity index (χ4v) is 3.52. The highest BCUT2D eigenvalue weighted by Gasteiger charge is 2.37. The molecule has 1 aliphatic rings. The second-order valence-electron chi connectivity index (χ2n) is 7.04. The number of hydrogen-bond donors (Lipinski definition) is 1. The average Bonchev–Trinajstić information content (AvgIpc) is 3.25. The van der Waals surface area contributed by atoms with E-state index >= 15 is 0 Å². The van der Waals surface area contributed by atoms with Crippen LogP contribution in [0.25, 0.3) is 0 Å². The van der Waals surface area contributed by atoms with Crippen LogP contribution in [0, 0.1) is 0 Å². The van der Waals surface area contributed by atoms with Gasteiger partial charge in [0.25, 0.3) is 5.91 Å². The molecule has 4 rings (SSSR count). The van der Waals surface area contributed by atoms with Crippen LogP contribution in [0.15, 0.2) is 84.1 Å². The highest BCUT2D eigenvalue weighted by atomic mass is 35.5. The molecule has 0 aliphatic carbocycles. The summed E-state index contributed by atoms with van der Waals surface area (Å²) in [6, 6.07) is 20.9. The van der Waals surface area contributed by atoms with Crippen molar-refractivity contribution in [3.05, 3.63) is 89.7 Å². The molecular formula is C23H20ClN5O2. The number of para-hydroxylation sites is 1. The van der Waals surface area contributed by atoms with E-state index in [9.17, 15) is 9.59 Å². The number of aromatic nitrogens is 1. The van der Waals surface area contributed by atoms with E-state index in [2.05, 4.69) is 10.1 Å². The van der Waals surface area contributed by atoms with Crippen molar-refractivity contribution in [2.24, 2.45) is 10.8 Å². The molecule has 0 fully saturated rings. The van der Waals surface area contributed by atoms with Crippen LogP contribution < -0.4 is 15.6 Å². The molecule has 0 saturated heterocycles. The van der Waals surface area contributed by atoms with Gasteiger partial charge in [-0.25, -0.2) is 0 Å². The van der Waals surface area contributed by atoms with E-state index in [-0.39, 0.29) is 24.6 Å². The molecule has 0 spiro atoms. The third-order valence-electron chi connectivity index (χ3n) is 4.94. The standard InChI is InChI=1S/C23H20ClN5O2/c24-16-9-11-18(12-10-16)28(15-17-6-4-5-13-26-17)23(31)20-14-21(22(25)30)29(27-20)19-7-2-1-3-8-19/h1-13,21H,14-15H2,(H2,25,30). The average molecular weight is 434 g/mol. The zero-order chi connectivity index (χ0) is 21.8. The Labute approximate surface area is 184 Å². The van der Waals surface area contributed by atoms with E-state index in [1.807, 2.05) is 48.5 Å². The number of benzene rings is 2. The van der Waals surface area contributed by atoms with Gasteiger partial charge in [-0.3, -0.25) is 19.6 Å². The molecule has 2 heterocycles. The first kappa shape index (κ1) is 20.6. The fourth-order valence-electron chi connectivity index (χ4n) is 3.39. The van der Waals surface area contributed by atoms with Crippen molar-refractivity contribution in [2.75, 3.05) is 9.91 Å². The summed E-state index contributed by atoms with van der Waals surface area (Å²) in [6.07, 6.45) is 1.79. The van der Waals surface area contributed by atoms with E-state index in [1.165, 1.54) is 5.01 Å². The molecule has 2 aromatic carbocycles. The summed E-state index contributed by atoms with van der Waals surface area (Å²) in [6.45, 7) is 0.243. The number of hydrogen-bond acceptors (Lipinski definition) is 5.